The molecule has 0 spiro atoms. The molecule has 0 unspecified atom stereocenters. The molecule has 1 heterocycles. The van der Waals surface area contributed by atoms with Gasteiger partial charge >= 0.3 is 12.1 Å². The molecule has 0 radical (unpaired) electrons. The Morgan fingerprint density at radius 3 is 2.35 bits per heavy atom. The quantitative estimate of drug-likeness (QED) is 0.661. The molecule has 3 rings (SSSR count). The summed E-state index contributed by atoms with van der Waals surface area (Å²) in [5.74, 6) is -1.77. The van der Waals surface area contributed by atoms with Gasteiger partial charge in [0.1, 0.15) is 23.9 Å². The van der Waals surface area contributed by atoms with E-state index in [0.29, 0.717) is 25.2 Å². The predicted molar refractivity (Wildman–Crippen MR) is 113 cm³/mol. The van der Waals surface area contributed by atoms with Crippen molar-refractivity contribution in [2.75, 3.05) is 31.6 Å². The fourth-order valence-corrected chi connectivity index (χ4v) is 3.39. The molecule has 1 aliphatic rings. The highest BCUT2D eigenvalue weighted by Gasteiger charge is 2.25. The van der Waals surface area contributed by atoms with Crippen LogP contribution in [0.5, 0.6) is 0 Å². The van der Waals surface area contributed by atoms with Crippen LogP contribution in [-0.4, -0.2) is 43.3 Å². The average Bonchev–Trinajstić information content (AvgIpc) is 2.75. The van der Waals surface area contributed by atoms with Gasteiger partial charge in [0, 0.05) is 25.7 Å². The molecule has 0 atom stereocenters. The Balaban J connectivity index is 1.83. The fourth-order valence-electron chi connectivity index (χ4n) is 3.39. The first-order chi connectivity index (χ1) is 14.9. The topological polar surface area (TPSA) is 67.9 Å². The molecule has 1 N–H and O–H groups in total. The number of amides is 1. The Morgan fingerprint density at radius 1 is 1.06 bits per heavy atom. The molecule has 0 saturated carbocycles. The van der Waals surface area contributed by atoms with E-state index in [4.69, 9.17) is 9.47 Å². The number of hydrogen-bond donors (Lipinski definition) is 1. The van der Waals surface area contributed by atoms with Crippen LogP contribution in [0.3, 0.4) is 0 Å². The lowest BCUT2D eigenvalue weighted by molar-refractivity contribution is -0.140. The molecule has 31 heavy (non-hydrogen) atoms. The standard InChI is InChI=1S/C23H24F2N2O4/c1-3-30-23(29)27-12-11-19(17(13-27)14-31-15(2)28)16-7-9-18(10-8-16)26-22-20(24)5-4-6-21(22)25/h4-10,26H,3,11-14H2,1-2H3. The van der Waals surface area contributed by atoms with Crippen molar-refractivity contribution in [3.05, 3.63) is 65.2 Å². The third kappa shape index (κ3) is 5.59. The summed E-state index contributed by atoms with van der Waals surface area (Å²) in [5, 5.41) is 2.75. The number of nitrogens with zero attached hydrogens (tertiary/aromatic N) is 1. The van der Waals surface area contributed by atoms with Crippen molar-refractivity contribution in [2.24, 2.45) is 0 Å². The minimum Gasteiger partial charge on any atom is -0.461 e. The van der Waals surface area contributed by atoms with Crippen molar-refractivity contribution >= 4 is 29.0 Å². The number of nitrogens with one attached hydrogen (secondary N) is 1. The van der Waals surface area contributed by atoms with Crippen LogP contribution in [0, 0.1) is 11.6 Å². The SMILES string of the molecule is CCOC(=O)N1CCC(c2ccc(Nc3c(F)cccc3F)cc2)=C(COC(C)=O)C1. The van der Waals surface area contributed by atoms with E-state index in [1.807, 2.05) is 12.1 Å². The summed E-state index contributed by atoms with van der Waals surface area (Å²) in [7, 11) is 0. The van der Waals surface area contributed by atoms with Crippen LogP contribution in [0.25, 0.3) is 5.57 Å². The summed E-state index contributed by atoms with van der Waals surface area (Å²) < 4.78 is 38.0. The van der Waals surface area contributed by atoms with Crippen LogP contribution in [-0.2, 0) is 14.3 Å². The molecule has 1 amide bonds. The van der Waals surface area contributed by atoms with Gasteiger partial charge in [-0.05, 0) is 54.3 Å². The maximum Gasteiger partial charge on any atom is 0.410 e. The maximum atomic E-state index is 13.9. The average molecular weight is 430 g/mol. The molecule has 1 aliphatic heterocycles. The van der Waals surface area contributed by atoms with E-state index < -0.39 is 23.7 Å². The zero-order valence-corrected chi connectivity index (χ0v) is 17.4. The van der Waals surface area contributed by atoms with E-state index in [1.165, 1.54) is 25.1 Å². The lowest BCUT2D eigenvalue weighted by Crippen LogP contribution is -2.38. The summed E-state index contributed by atoms with van der Waals surface area (Å²) in [6, 6.07) is 10.8. The van der Waals surface area contributed by atoms with Gasteiger partial charge in [-0.15, -0.1) is 0 Å². The second kappa shape index (κ2) is 10.1. The van der Waals surface area contributed by atoms with Crippen LogP contribution in [0.1, 0.15) is 25.8 Å². The van der Waals surface area contributed by atoms with Crippen LogP contribution in [0.4, 0.5) is 25.0 Å². The molecular formula is C23H24F2N2O4. The highest BCUT2D eigenvalue weighted by Crippen LogP contribution is 2.30. The van der Waals surface area contributed by atoms with E-state index in [2.05, 4.69) is 5.32 Å². The van der Waals surface area contributed by atoms with Crippen molar-refractivity contribution in [1.82, 2.24) is 4.90 Å². The Hall–Kier alpha value is -3.42. The van der Waals surface area contributed by atoms with Crippen molar-refractivity contribution in [1.29, 1.82) is 0 Å². The molecule has 0 aliphatic carbocycles. The first-order valence-electron chi connectivity index (χ1n) is 9.96. The number of para-hydroxylation sites is 1. The minimum absolute atomic E-state index is 0.0704. The summed E-state index contributed by atoms with van der Waals surface area (Å²) in [4.78, 5) is 25.0. The van der Waals surface area contributed by atoms with Crippen molar-refractivity contribution in [3.8, 4) is 0 Å². The molecular weight excluding hydrogens is 406 g/mol. The Labute approximate surface area is 179 Å². The molecule has 164 valence electrons. The van der Waals surface area contributed by atoms with Gasteiger partial charge in [-0.3, -0.25) is 4.79 Å². The number of rotatable bonds is 6. The van der Waals surface area contributed by atoms with Crippen LogP contribution in [0.2, 0.25) is 0 Å². The lowest BCUT2D eigenvalue weighted by atomic mass is 9.93. The molecule has 0 aromatic heterocycles. The number of carbonyl (C=O) groups excluding carboxylic acids is 2. The number of ether oxygens (including phenoxy) is 2. The van der Waals surface area contributed by atoms with Gasteiger partial charge in [0.2, 0.25) is 0 Å². The molecule has 2 aromatic carbocycles. The molecule has 6 nitrogen and oxygen atoms in total. The van der Waals surface area contributed by atoms with E-state index in [1.54, 1.807) is 24.0 Å². The Morgan fingerprint density at radius 2 is 1.74 bits per heavy atom. The number of halogens is 2. The Kier molecular flexibility index (Phi) is 7.23. The van der Waals surface area contributed by atoms with Gasteiger partial charge in [0.25, 0.3) is 0 Å². The van der Waals surface area contributed by atoms with Gasteiger partial charge in [0.05, 0.1) is 6.61 Å². The van der Waals surface area contributed by atoms with Gasteiger partial charge in [-0.1, -0.05) is 18.2 Å². The first kappa shape index (κ1) is 22.3. The molecule has 2 aromatic rings. The summed E-state index contributed by atoms with van der Waals surface area (Å²) in [6.45, 7) is 4.18. The lowest BCUT2D eigenvalue weighted by Gasteiger charge is -2.30. The molecule has 0 bridgehead atoms. The summed E-state index contributed by atoms with van der Waals surface area (Å²) in [5.41, 5.74) is 2.96. The third-order valence-corrected chi connectivity index (χ3v) is 4.88. The molecule has 0 fully saturated rings. The van der Waals surface area contributed by atoms with E-state index in [9.17, 15) is 18.4 Å². The maximum absolute atomic E-state index is 13.9. The number of carbonyl (C=O) groups is 2. The normalized spacial score (nSPS) is 13.7. The highest BCUT2D eigenvalue weighted by molar-refractivity contribution is 5.76. The zero-order valence-electron chi connectivity index (χ0n) is 17.4. The van der Waals surface area contributed by atoms with Crippen LogP contribution >= 0.6 is 0 Å². The zero-order chi connectivity index (χ0) is 22.4. The minimum atomic E-state index is -0.679. The summed E-state index contributed by atoms with van der Waals surface area (Å²) in [6.07, 6.45) is 0.151. The van der Waals surface area contributed by atoms with Gasteiger partial charge in [0.15, 0.2) is 0 Å². The van der Waals surface area contributed by atoms with Crippen molar-refractivity contribution < 1.29 is 27.8 Å². The van der Waals surface area contributed by atoms with Gasteiger partial charge in [-0.2, -0.15) is 0 Å². The smallest absolute Gasteiger partial charge is 0.410 e. The first-order valence-corrected chi connectivity index (χ1v) is 9.96. The van der Waals surface area contributed by atoms with Crippen LogP contribution < -0.4 is 5.32 Å². The molecule has 8 heteroatoms. The Bertz CT molecular complexity index is 969. The van der Waals surface area contributed by atoms with E-state index >= 15 is 0 Å². The second-order valence-electron chi connectivity index (χ2n) is 7.03. The van der Waals surface area contributed by atoms with Crippen molar-refractivity contribution in [3.63, 3.8) is 0 Å². The van der Waals surface area contributed by atoms with E-state index in [0.717, 1.165) is 16.7 Å². The number of benzene rings is 2. The third-order valence-electron chi connectivity index (χ3n) is 4.88. The highest BCUT2D eigenvalue weighted by atomic mass is 19.1. The van der Waals surface area contributed by atoms with E-state index in [-0.39, 0.29) is 18.9 Å². The number of anilines is 2. The van der Waals surface area contributed by atoms with Gasteiger partial charge in [-0.25, -0.2) is 13.6 Å². The van der Waals surface area contributed by atoms with Gasteiger partial charge < -0.3 is 19.7 Å². The fraction of sp³-hybridized carbons (Fsp3) is 0.304. The second-order valence-corrected chi connectivity index (χ2v) is 7.03. The number of hydrogen-bond acceptors (Lipinski definition) is 5. The van der Waals surface area contributed by atoms with Crippen molar-refractivity contribution in [2.45, 2.75) is 20.3 Å². The van der Waals surface area contributed by atoms with Crippen LogP contribution in [0.15, 0.2) is 48.0 Å². The molecule has 0 saturated heterocycles. The summed E-state index contributed by atoms with van der Waals surface area (Å²) >= 11 is 0. The number of esters is 1. The monoisotopic (exact) mass is 430 g/mol. The largest absolute Gasteiger partial charge is 0.461 e. The predicted octanol–water partition coefficient (Wildman–Crippen LogP) is 4.89.